The van der Waals surface area contributed by atoms with E-state index in [1.807, 2.05) is 39.8 Å². The van der Waals surface area contributed by atoms with Gasteiger partial charge in [-0.1, -0.05) is 126 Å². The molecule has 0 heterocycles. The molecular weight excluding hydrogens is 496 g/mol. The highest BCUT2D eigenvalue weighted by molar-refractivity contribution is 5.94. The number of rotatable bonds is 14. The van der Waals surface area contributed by atoms with Crippen LogP contribution < -0.4 is 5.32 Å². The molecule has 0 amide bonds. The van der Waals surface area contributed by atoms with Gasteiger partial charge in [0.25, 0.3) is 0 Å². The van der Waals surface area contributed by atoms with Crippen molar-refractivity contribution >= 4 is 11.5 Å². The highest BCUT2D eigenvalue weighted by Crippen LogP contribution is 2.28. The van der Waals surface area contributed by atoms with Crippen molar-refractivity contribution in [2.24, 2.45) is 10.9 Å². The van der Waals surface area contributed by atoms with E-state index in [1.165, 1.54) is 48.0 Å². The van der Waals surface area contributed by atoms with Crippen LogP contribution in [0.3, 0.4) is 0 Å². The number of hydrogen-bond donors (Lipinski definition) is 1. The van der Waals surface area contributed by atoms with Gasteiger partial charge in [0.05, 0.1) is 0 Å². The van der Waals surface area contributed by atoms with Crippen LogP contribution in [0.2, 0.25) is 0 Å². The number of amidine groups is 1. The zero-order valence-electron chi connectivity index (χ0n) is 27.8. The third-order valence-corrected chi connectivity index (χ3v) is 6.47. The molecular formula is C39H60N2. The molecule has 0 radical (unpaired) electrons. The zero-order valence-corrected chi connectivity index (χ0v) is 27.8. The third-order valence-electron chi connectivity index (χ3n) is 6.47. The molecule has 0 aliphatic heterocycles. The zero-order chi connectivity index (χ0) is 31.0. The van der Waals surface area contributed by atoms with Crippen LogP contribution in [0.4, 0.5) is 5.69 Å². The largest absolute Gasteiger partial charge is 0.344 e. The van der Waals surface area contributed by atoms with Gasteiger partial charge in [-0.25, -0.2) is 4.99 Å². The Labute approximate surface area is 254 Å². The van der Waals surface area contributed by atoms with Crippen molar-refractivity contribution in [2.75, 3.05) is 5.32 Å². The van der Waals surface area contributed by atoms with E-state index >= 15 is 0 Å². The van der Waals surface area contributed by atoms with Crippen LogP contribution in [-0.2, 0) is 0 Å². The topological polar surface area (TPSA) is 24.4 Å². The van der Waals surface area contributed by atoms with E-state index in [2.05, 4.69) is 101 Å². The Hall–Kier alpha value is -3.13. The summed E-state index contributed by atoms with van der Waals surface area (Å²) in [7, 11) is 0. The number of nitrogens with one attached hydrogen (secondary N) is 1. The summed E-state index contributed by atoms with van der Waals surface area (Å²) in [6.45, 7) is 28.6. The standard InChI is InChI=1S/C29H38N2.C6H14.C4H8/c1-7-14-26(8-2)29(31-25(6)30-27-18-12-15-22(3)21-27)20-11-9-10-16-23(4)28-19-13-17-24(28)5;1-3-5-6-4-2;1-4(2)3/h7-8,12-15,17-19,21,24H,2,4,9-11,16,20H2,1,3,5-6H3,(H,30,31);3-6H2,1-2H3;1H2,2-3H3/b14-7-,29-26+;;. The van der Waals surface area contributed by atoms with E-state index in [9.17, 15) is 0 Å². The van der Waals surface area contributed by atoms with Crippen LogP contribution in [0.25, 0.3) is 0 Å². The average Bonchev–Trinajstić information content (AvgIpc) is 3.35. The second-order valence-electron chi connectivity index (χ2n) is 11.2. The summed E-state index contributed by atoms with van der Waals surface area (Å²) in [6, 6.07) is 8.35. The fraction of sp³-hybridized carbons (Fsp3) is 0.462. The van der Waals surface area contributed by atoms with Gasteiger partial charge in [0.2, 0.25) is 0 Å². The molecule has 1 aromatic rings. The molecule has 1 aliphatic carbocycles. The molecule has 0 saturated carbocycles. The minimum Gasteiger partial charge on any atom is -0.344 e. The van der Waals surface area contributed by atoms with Crippen LogP contribution in [-0.4, -0.2) is 5.84 Å². The van der Waals surface area contributed by atoms with Crippen LogP contribution in [0.5, 0.6) is 0 Å². The molecule has 0 bridgehead atoms. The van der Waals surface area contributed by atoms with Crippen molar-refractivity contribution in [1.82, 2.24) is 0 Å². The lowest BCUT2D eigenvalue weighted by atomic mass is 9.94. The van der Waals surface area contributed by atoms with Gasteiger partial charge in [0, 0.05) is 11.4 Å². The maximum absolute atomic E-state index is 4.92. The molecule has 2 nitrogen and oxygen atoms in total. The number of hydrogen-bond acceptors (Lipinski definition) is 1. The number of anilines is 1. The lowest BCUT2D eigenvalue weighted by Crippen LogP contribution is -2.08. The summed E-state index contributed by atoms with van der Waals surface area (Å²) < 4.78 is 0. The van der Waals surface area contributed by atoms with Gasteiger partial charge in [-0.2, -0.15) is 0 Å². The van der Waals surface area contributed by atoms with Crippen molar-refractivity contribution in [2.45, 2.75) is 113 Å². The molecule has 0 fully saturated rings. The first kappa shape index (κ1) is 37.9. The summed E-state index contributed by atoms with van der Waals surface area (Å²) in [5.74, 6) is 1.41. The molecule has 1 aromatic carbocycles. The molecule has 1 unspecified atom stereocenters. The number of aryl methyl sites for hydroxylation is 1. The Bertz CT molecular complexity index is 1070. The lowest BCUT2D eigenvalue weighted by molar-refractivity contribution is 0.667. The smallest absolute Gasteiger partial charge is 0.103 e. The first-order valence-electron chi connectivity index (χ1n) is 15.6. The second-order valence-corrected chi connectivity index (χ2v) is 11.2. The SMILES string of the molecule is C=C(C)C.C=CC(/C=C\C)=C(/CCCCCC(=C)C1=CC=CC1C)N=C(C)Nc1cccc(C)c1.CCCCCC. The maximum atomic E-state index is 4.92. The number of nitrogens with zero attached hydrogens (tertiary/aromatic N) is 1. The van der Waals surface area contributed by atoms with E-state index in [0.717, 1.165) is 54.9 Å². The van der Waals surface area contributed by atoms with Crippen LogP contribution in [0.15, 0.2) is 113 Å². The van der Waals surface area contributed by atoms with Gasteiger partial charge in [-0.15, -0.1) is 6.58 Å². The van der Waals surface area contributed by atoms with Crippen molar-refractivity contribution in [3.8, 4) is 0 Å². The lowest BCUT2D eigenvalue weighted by Gasteiger charge is -2.12. The van der Waals surface area contributed by atoms with Gasteiger partial charge in [-0.3, -0.25) is 0 Å². The van der Waals surface area contributed by atoms with E-state index in [0.29, 0.717) is 5.92 Å². The summed E-state index contributed by atoms with van der Waals surface area (Å²) in [5.41, 5.74) is 8.31. The quantitative estimate of drug-likeness (QED) is 0.0796. The van der Waals surface area contributed by atoms with Gasteiger partial charge < -0.3 is 5.32 Å². The molecule has 1 atom stereocenters. The number of benzene rings is 1. The highest BCUT2D eigenvalue weighted by atomic mass is 15.0. The predicted molar refractivity (Wildman–Crippen MR) is 189 cm³/mol. The molecule has 226 valence electrons. The van der Waals surface area contributed by atoms with Crippen molar-refractivity contribution in [3.63, 3.8) is 0 Å². The molecule has 2 rings (SSSR count). The molecule has 1 N–H and O–H groups in total. The van der Waals surface area contributed by atoms with E-state index in [4.69, 9.17) is 4.99 Å². The van der Waals surface area contributed by atoms with Crippen molar-refractivity contribution in [1.29, 1.82) is 0 Å². The Balaban J connectivity index is 0.00000137. The molecule has 0 spiro atoms. The molecule has 2 heteroatoms. The Morgan fingerprint density at radius 1 is 0.976 bits per heavy atom. The Kier molecular flexibility index (Phi) is 21.8. The monoisotopic (exact) mass is 556 g/mol. The Morgan fingerprint density at radius 3 is 2.12 bits per heavy atom. The fourth-order valence-corrected chi connectivity index (χ4v) is 4.36. The molecule has 0 saturated heterocycles. The summed E-state index contributed by atoms with van der Waals surface area (Å²) in [6.07, 6.45) is 23.6. The van der Waals surface area contributed by atoms with Gasteiger partial charge in [0.1, 0.15) is 5.84 Å². The van der Waals surface area contributed by atoms with E-state index in [-0.39, 0.29) is 0 Å². The van der Waals surface area contributed by atoms with Gasteiger partial charge >= 0.3 is 0 Å². The van der Waals surface area contributed by atoms with Crippen LogP contribution >= 0.6 is 0 Å². The second kappa shape index (κ2) is 23.6. The van der Waals surface area contributed by atoms with Crippen molar-refractivity contribution in [3.05, 3.63) is 114 Å². The minimum atomic E-state index is 0.510. The average molecular weight is 557 g/mol. The summed E-state index contributed by atoms with van der Waals surface area (Å²) in [4.78, 5) is 4.92. The first-order chi connectivity index (χ1) is 19.6. The van der Waals surface area contributed by atoms with E-state index < -0.39 is 0 Å². The number of allylic oxidation sites excluding steroid dienone is 11. The van der Waals surface area contributed by atoms with Crippen LogP contribution in [0.1, 0.15) is 112 Å². The van der Waals surface area contributed by atoms with Gasteiger partial charge in [0.15, 0.2) is 0 Å². The Morgan fingerprint density at radius 2 is 1.61 bits per heavy atom. The summed E-state index contributed by atoms with van der Waals surface area (Å²) in [5, 5.41) is 3.42. The summed E-state index contributed by atoms with van der Waals surface area (Å²) >= 11 is 0. The minimum absolute atomic E-state index is 0.510. The maximum Gasteiger partial charge on any atom is 0.103 e. The van der Waals surface area contributed by atoms with Crippen LogP contribution in [0, 0.1) is 12.8 Å². The van der Waals surface area contributed by atoms with E-state index in [1.54, 1.807) is 0 Å². The molecule has 0 aromatic heterocycles. The number of unbranched alkanes of at least 4 members (excludes halogenated alkanes) is 5. The van der Waals surface area contributed by atoms with Crippen molar-refractivity contribution < 1.29 is 0 Å². The first-order valence-corrected chi connectivity index (χ1v) is 15.6. The fourth-order valence-electron chi connectivity index (χ4n) is 4.36. The normalized spacial score (nSPS) is 14.8. The molecule has 1 aliphatic rings. The third kappa shape index (κ3) is 18.8. The predicted octanol–water partition coefficient (Wildman–Crippen LogP) is 12.6. The highest BCUT2D eigenvalue weighted by Gasteiger charge is 2.12. The number of aliphatic imine (C=N–C) groups is 1. The van der Waals surface area contributed by atoms with Gasteiger partial charge in [-0.05, 0) is 95.1 Å². The molecule has 41 heavy (non-hydrogen) atoms.